The van der Waals surface area contributed by atoms with Crippen molar-refractivity contribution in [2.24, 2.45) is 5.92 Å². The zero-order valence-corrected chi connectivity index (χ0v) is 13.9. The summed E-state index contributed by atoms with van der Waals surface area (Å²) in [6, 6.07) is 4.71. The van der Waals surface area contributed by atoms with Gasteiger partial charge in [0.2, 0.25) is 0 Å². The molecule has 1 aliphatic carbocycles. The largest absolute Gasteiger partial charge is 0.374 e. The smallest absolute Gasteiger partial charge is 0.256 e. The van der Waals surface area contributed by atoms with E-state index >= 15 is 0 Å². The second-order valence-electron chi connectivity index (χ2n) is 6.89. The molecule has 1 saturated heterocycles. The SMILES string of the molecule is Cc1ccc(F)c(C(=O)N(CC2CC2)CC2CN(C)CCO2)c1. The van der Waals surface area contributed by atoms with E-state index < -0.39 is 5.82 Å². The van der Waals surface area contributed by atoms with Gasteiger partial charge in [-0.3, -0.25) is 4.79 Å². The number of likely N-dealkylation sites (N-methyl/N-ethyl adjacent to an activating group) is 1. The van der Waals surface area contributed by atoms with Crippen molar-refractivity contribution >= 4 is 5.91 Å². The zero-order valence-electron chi connectivity index (χ0n) is 13.9. The molecule has 1 unspecified atom stereocenters. The molecule has 23 heavy (non-hydrogen) atoms. The van der Waals surface area contributed by atoms with Crippen LogP contribution in [0.5, 0.6) is 0 Å². The van der Waals surface area contributed by atoms with Crippen molar-refractivity contribution in [1.82, 2.24) is 9.80 Å². The number of halogens is 1. The van der Waals surface area contributed by atoms with E-state index in [1.807, 2.05) is 6.92 Å². The lowest BCUT2D eigenvalue weighted by Gasteiger charge is -2.34. The highest BCUT2D eigenvalue weighted by Crippen LogP contribution is 2.30. The fraction of sp³-hybridized carbons (Fsp3) is 0.611. The maximum Gasteiger partial charge on any atom is 0.256 e. The number of rotatable bonds is 5. The summed E-state index contributed by atoms with van der Waals surface area (Å²) in [6.45, 7) is 5.53. The van der Waals surface area contributed by atoms with Crippen molar-refractivity contribution < 1.29 is 13.9 Å². The Kier molecular flexibility index (Phi) is 4.97. The third kappa shape index (κ3) is 4.30. The standard InChI is InChI=1S/C18H25FN2O2/c1-13-3-6-17(19)16(9-13)18(22)21(10-14-4-5-14)12-15-11-20(2)7-8-23-15/h3,6,9,14-15H,4-5,7-8,10-12H2,1-2H3. The predicted molar refractivity (Wildman–Crippen MR) is 87.0 cm³/mol. The number of carbonyl (C=O) groups is 1. The van der Waals surface area contributed by atoms with Gasteiger partial charge in [-0.15, -0.1) is 0 Å². The van der Waals surface area contributed by atoms with Crippen LogP contribution in [0.1, 0.15) is 28.8 Å². The first-order chi connectivity index (χ1) is 11.0. The first-order valence-electron chi connectivity index (χ1n) is 8.38. The van der Waals surface area contributed by atoms with Crippen LogP contribution in [0.3, 0.4) is 0 Å². The molecule has 1 atom stereocenters. The van der Waals surface area contributed by atoms with Crippen LogP contribution in [0, 0.1) is 18.7 Å². The average molecular weight is 320 g/mol. The lowest BCUT2D eigenvalue weighted by molar-refractivity contribution is -0.0332. The molecule has 0 N–H and O–H groups in total. The molecule has 2 fully saturated rings. The van der Waals surface area contributed by atoms with Gasteiger partial charge in [0.25, 0.3) is 5.91 Å². The highest BCUT2D eigenvalue weighted by Gasteiger charge is 2.31. The lowest BCUT2D eigenvalue weighted by atomic mass is 10.1. The average Bonchev–Trinajstić information content (AvgIpc) is 3.32. The van der Waals surface area contributed by atoms with Crippen molar-refractivity contribution in [2.45, 2.75) is 25.9 Å². The Morgan fingerprint density at radius 1 is 1.39 bits per heavy atom. The molecule has 1 saturated carbocycles. The molecule has 1 heterocycles. The Bertz CT molecular complexity index is 574. The van der Waals surface area contributed by atoms with Gasteiger partial charge in [0, 0.05) is 26.2 Å². The minimum atomic E-state index is -0.442. The molecule has 1 aromatic rings. The molecule has 126 valence electrons. The van der Waals surface area contributed by atoms with Gasteiger partial charge >= 0.3 is 0 Å². The number of aryl methyl sites for hydroxylation is 1. The maximum atomic E-state index is 14.1. The quantitative estimate of drug-likeness (QED) is 0.835. The number of benzene rings is 1. The third-order valence-electron chi connectivity index (χ3n) is 4.58. The minimum absolute atomic E-state index is 0.00400. The van der Waals surface area contributed by atoms with Crippen LogP contribution >= 0.6 is 0 Å². The number of nitrogens with zero attached hydrogens (tertiary/aromatic N) is 2. The lowest BCUT2D eigenvalue weighted by Crippen LogP contribution is -2.48. The van der Waals surface area contributed by atoms with Gasteiger partial charge in [-0.25, -0.2) is 4.39 Å². The van der Waals surface area contributed by atoms with E-state index in [0.717, 1.165) is 31.5 Å². The molecular weight excluding hydrogens is 295 g/mol. The van der Waals surface area contributed by atoms with Crippen LogP contribution in [0.4, 0.5) is 4.39 Å². The number of amides is 1. The minimum Gasteiger partial charge on any atom is -0.374 e. The van der Waals surface area contributed by atoms with Crippen LogP contribution in [-0.2, 0) is 4.74 Å². The van der Waals surface area contributed by atoms with Crippen molar-refractivity contribution in [3.05, 3.63) is 35.1 Å². The molecule has 2 aliphatic rings. The van der Waals surface area contributed by atoms with Crippen LogP contribution in [0.25, 0.3) is 0 Å². The summed E-state index contributed by atoms with van der Waals surface area (Å²) < 4.78 is 19.9. The Labute approximate surface area is 137 Å². The third-order valence-corrected chi connectivity index (χ3v) is 4.58. The van der Waals surface area contributed by atoms with E-state index in [0.29, 0.717) is 25.6 Å². The first kappa shape index (κ1) is 16.4. The summed E-state index contributed by atoms with van der Waals surface area (Å²) in [5, 5.41) is 0. The van der Waals surface area contributed by atoms with Crippen LogP contribution < -0.4 is 0 Å². The molecule has 0 radical (unpaired) electrons. The summed E-state index contributed by atoms with van der Waals surface area (Å²) in [6.07, 6.45) is 2.32. The molecule has 3 rings (SSSR count). The van der Waals surface area contributed by atoms with E-state index in [9.17, 15) is 9.18 Å². The second-order valence-corrected chi connectivity index (χ2v) is 6.89. The molecule has 1 amide bonds. The van der Waals surface area contributed by atoms with Gasteiger partial charge in [0.05, 0.1) is 18.3 Å². The summed E-state index contributed by atoms with van der Waals surface area (Å²) in [5.74, 6) is -0.0915. The fourth-order valence-corrected chi connectivity index (χ4v) is 3.05. The van der Waals surface area contributed by atoms with Gasteiger partial charge < -0.3 is 14.5 Å². The molecule has 0 bridgehead atoms. The molecule has 0 spiro atoms. The van der Waals surface area contributed by atoms with E-state index in [-0.39, 0.29) is 17.6 Å². The number of hydrogen-bond donors (Lipinski definition) is 0. The van der Waals surface area contributed by atoms with E-state index in [4.69, 9.17) is 4.74 Å². The highest BCUT2D eigenvalue weighted by molar-refractivity contribution is 5.94. The number of hydrogen-bond acceptors (Lipinski definition) is 3. The molecule has 1 aromatic carbocycles. The Hall–Kier alpha value is -1.46. The first-order valence-corrected chi connectivity index (χ1v) is 8.38. The summed E-state index contributed by atoms with van der Waals surface area (Å²) in [5.41, 5.74) is 1.07. The monoisotopic (exact) mass is 320 g/mol. The van der Waals surface area contributed by atoms with Crippen LogP contribution in [-0.4, -0.2) is 61.6 Å². The predicted octanol–water partition coefficient (Wildman–Crippen LogP) is 2.32. The fourth-order valence-electron chi connectivity index (χ4n) is 3.05. The van der Waals surface area contributed by atoms with Crippen molar-refractivity contribution in [3.63, 3.8) is 0 Å². The maximum absolute atomic E-state index is 14.1. The van der Waals surface area contributed by atoms with E-state index in [1.54, 1.807) is 17.0 Å². The molecule has 1 aliphatic heterocycles. The topological polar surface area (TPSA) is 32.8 Å². The molecular formula is C18H25FN2O2. The van der Waals surface area contributed by atoms with E-state index in [2.05, 4.69) is 11.9 Å². The van der Waals surface area contributed by atoms with E-state index in [1.165, 1.54) is 6.07 Å². The summed E-state index contributed by atoms with van der Waals surface area (Å²) >= 11 is 0. The van der Waals surface area contributed by atoms with Crippen LogP contribution in [0.2, 0.25) is 0 Å². The Morgan fingerprint density at radius 2 is 2.17 bits per heavy atom. The van der Waals surface area contributed by atoms with Crippen molar-refractivity contribution in [2.75, 3.05) is 39.8 Å². The highest BCUT2D eigenvalue weighted by atomic mass is 19.1. The van der Waals surface area contributed by atoms with Crippen LogP contribution in [0.15, 0.2) is 18.2 Å². The zero-order chi connectivity index (χ0) is 16.4. The number of morpholine rings is 1. The Morgan fingerprint density at radius 3 is 2.87 bits per heavy atom. The van der Waals surface area contributed by atoms with Gasteiger partial charge in [-0.1, -0.05) is 11.6 Å². The van der Waals surface area contributed by atoms with Gasteiger partial charge in [0.1, 0.15) is 5.82 Å². The van der Waals surface area contributed by atoms with Crippen molar-refractivity contribution in [3.8, 4) is 0 Å². The number of carbonyl (C=O) groups excluding carboxylic acids is 1. The molecule has 5 heteroatoms. The summed E-state index contributed by atoms with van der Waals surface area (Å²) in [4.78, 5) is 16.9. The van der Waals surface area contributed by atoms with Crippen molar-refractivity contribution in [1.29, 1.82) is 0 Å². The molecule has 4 nitrogen and oxygen atoms in total. The normalized spacial score (nSPS) is 22.1. The van der Waals surface area contributed by atoms with Gasteiger partial charge in [0.15, 0.2) is 0 Å². The second kappa shape index (κ2) is 6.97. The summed E-state index contributed by atoms with van der Waals surface area (Å²) in [7, 11) is 2.06. The Balaban J connectivity index is 1.74. The molecule has 0 aromatic heterocycles. The van der Waals surface area contributed by atoms with Gasteiger partial charge in [-0.05, 0) is 44.9 Å². The van der Waals surface area contributed by atoms with Gasteiger partial charge in [-0.2, -0.15) is 0 Å². The number of ether oxygens (including phenoxy) is 1.